The van der Waals surface area contributed by atoms with Gasteiger partial charge in [0.2, 0.25) is 0 Å². The molecule has 0 aliphatic heterocycles. The van der Waals surface area contributed by atoms with E-state index in [1.807, 2.05) is 30.6 Å². The first-order valence-corrected chi connectivity index (χ1v) is 7.51. The lowest BCUT2D eigenvalue weighted by molar-refractivity contribution is 0.0797. The number of pyridine rings is 1. The van der Waals surface area contributed by atoms with E-state index in [0.29, 0.717) is 0 Å². The number of carbonyl (C=O) groups excluding carboxylic acids is 1. The highest BCUT2D eigenvalue weighted by molar-refractivity contribution is 14.1. The van der Waals surface area contributed by atoms with Gasteiger partial charge in [0.05, 0.1) is 8.45 Å². The Hall–Kier alpha value is -0.950. The van der Waals surface area contributed by atoms with E-state index in [-0.39, 0.29) is 5.91 Å². The van der Waals surface area contributed by atoms with Crippen LogP contribution in [0.25, 0.3) is 0 Å². The van der Waals surface area contributed by atoms with Crippen LogP contribution in [0.5, 0.6) is 0 Å². The molecule has 0 atom stereocenters. The molecule has 0 fully saturated rings. The Kier molecular flexibility index (Phi) is 4.71. The van der Waals surface area contributed by atoms with E-state index in [4.69, 9.17) is 0 Å². The molecule has 0 radical (unpaired) electrons. The Balaban J connectivity index is 1.92. The minimum Gasteiger partial charge on any atom is -0.341 e. The molecule has 0 unspecified atom stereocenters. The molecule has 0 aromatic carbocycles. The van der Waals surface area contributed by atoms with E-state index < -0.39 is 0 Å². The maximum atomic E-state index is 12.1. The third-order valence-corrected chi connectivity index (χ3v) is 4.44. The zero-order valence-electron chi connectivity index (χ0n) is 9.97. The normalized spacial score (nSPS) is 10.3. The highest BCUT2D eigenvalue weighted by atomic mass is 127. The van der Waals surface area contributed by atoms with Crippen LogP contribution in [0, 0.1) is 2.88 Å². The molecule has 0 spiro atoms. The summed E-state index contributed by atoms with van der Waals surface area (Å²) in [5, 5.41) is 1.91. The van der Waals surface area contributed by atoms with Gasteiger partial charge >= 0.3 is 0 Å². The molecule has 0 saturated carbocycles. The van der Waals surface area contributed by atoms with Crippen molar-refractivity contribution in [1.82, 2.24) is 9.88 Å². The van der Waals surface area contributed by atoms with Gasteiger partial charge in [-0.25, -0.2) is 0 Å². The van der Waals surface area contributed by atoms with Gasteiger partial charge in [-0.05, 0) is 52.8 Å². The molecule has 0 aliphatic carbocycles. The number of amides is 1. The van der Waals surface area contributed by atoms with Crippen molar-refractivity contribution in [1.29, 1.82) is 0 Å². The number of hydrogen-bond acceptors (Lipinski definition) is 3. The number of hydrogen-bond donors (Lipinski definition) is 0. The van der Waals surface area contributed by atoms with Gasteiger partial charge in [0.15, 0.2) is 0 Å². The standard InChI is InChI=1S/C13H13IN2OS/c1-16(7-4-10-2-5-15-6-3-10)13(17)11-8-12(14)18-9-11/h2-3,5-6,8-9H,4,7H2,1H3. The number of carbonyl (C=O) groups is 1. The van der Waals surface area contributed by atoms with E-state index in [1.54, 1.807) is 28.6 Å². The fourth-order valence-electron chi connectivity index (χ4n) is 1.59. The summed E-state index contributed by atoms with van der Waals surface area (Å²) in [7, 11) is 1.84. The van der Waals surface area contributed by atoms with Crippen LogP contribution in [0.1, 0.15) is 15.9 Å². The molecular formula is C13H13IN2OS. The summed E-state index contributed by atoms with van der Waals surface area (Å²) in [5.41, 5.74) is 1.98. The van der Waals surface area contributed by atoms with Crippen molar-refractivity contribution in [2.75, 3.05) is 13.6 Å². The van der Waals surface area contributed by atoms with Gasteiger partial charge in [-0.2, -0.15) is 0 Å². The minimum atomic E-state index is 0.0863. The lowest BCUT2D eigenvalue weighted by atomic mass is 10.2. The highest BCUT2D eigenvalue weighted by Crippen LogP contribution is 2.17. The quantitative estimate of drug-likeness (QED) is 0.773. The number of likely N-dealkylation sites (N-methyl/N-ethyl adjacent to an activating group) is 1. The van der Waals surface area contributed by atoms with Crippen molar-refractivity contribution in [3.63, 3.8) is 0 Å². The molecule has 94 valence electrons. The average molecular weight is 372 g/mol. The molecule has 0 aliphatic rings. The van der Waals surface area contributed by atoms with E-state index in [0.717, 1.165) is 21.4 Å². The molecule has 2 aromatic heterocycles. The second kappa shape index (κ2) is 6.29. The van der Waals surface area contributed by atoms with Crippen molar-refractivity contribution in [2.24, 2.45) is 0 Å². The molecule has 18 heavy (non-hydrogen) atoms. The average Bonchev–Trinajstić information content (AvgIpc) is 2.83. The number of thiophene rings is 1. The second-order valence-electron chi connectivity index (χ2n) is 3.97. The fourth-order valence-corrected chi connectivity index (χ4v) is 2.91. The fraction of sp³-hybridized carbons (Fsp3) is 0.231. The summed E-state index contributed by atoms with van der Waals surface area (Å²) in [4.78, 5) is 17.8. The van der Waals surface area contributed by atoms with Crippen LogP contribution in [0.4, 0.5) is 0 Å². The smallest absolute Gasteiger partial charge is 0.254 e. The number of nitrogens with zero attached hydrogens (tertiary/aromatic N) is 2. The first kappa shape index (κ1) is 13.5. The molecule has 2 aromatic rings. The Labute approximate surface area is 124 Å². The molecule has 1 amide bonds. The first-order chi connectivity index (χ1) is 8.66. The van der Waals surface area contributed by atoms with E-state index in [9.17, 15) is 4.79 Å². The number of aromatic nitrogens is 1. The monoisotopic (exact) mass is 372 g/mol. The second-order valence-corrected chi connectivity index (χ2v) is 6.78. The summed E-state index contributed by atoms with van der Waals surface area (Å²) in [6, 6.07) is 5.88. The third kappa shape index (κ3) is 3.52. The first-order valence-electron chi connectivity index (χ1n) is 5.55. The van der Waals surface area contributed by atoms with E-state index in [2.05, 4.69) is 27.6 Å². The van der Waals surface area contributed by atoms with Crippen LogP contribution in [0.3, 0.4) is 0 Å². The van der Waals surface area contributed by atoms with Gasteiger partial charge in [-0.1, -0.05) is 0 Å². The van der Waals surface area contributed by atoms with Crippen LogP contribution in [-0.2, 0) is 6.42 Å². The number of rotatable bonds is 4. The largest absolute Gasteiger partial charge is 0.341 e. The highest BCUT2D eigenvalue weighted by Gasteiger charge is 2.12. The van der Waals surface area contributed by atoms with Crippen molar-refractivity contribution in [3.05, 3.63) is 50.0 Å². The zero-order chi connectivity index (χ0) is 13.0. The summed E-state index contributed by atoms with van der Waals surface area (Å²) in [6.45, 7) is 0.718. The molecule has 3 nitrogen and oxygen atoms in total. The molecule has 0 bridgehead atoms. The third-order valence-electron chi connectivity index (χ3n) is 2.65. The van der Waals surface area contributed by atoms with Gasteiger partial charge in [0.25, 0.3) is 5.91 Å². The summed E-state index contributed by atoms with van der Waals surface area (Å²) in [6.07, 6.45) is 4.41. The van der Waals surface area contributed by atoms with Gasteiger partial charge in [0, 0.05) is 31.4 Å². The predicted molar refractivity (Wildman–Crippen MR) is 81.9 cm³/mol. The van der Waals surface area contributed by atoms with Crippen LogP contribution in [-0.4, -0.2) is 29.4 Å². The van der Waals surface area contributed by atoms with Crippen molar-refractivity contribution in [2.45, 2.75) is 6.42 Å². The van der Waals surface area contributed by atoms with Gasteiger partial charge in [-0.3, -0.25) is 9.78 Å². The molecule has 0 N–H and O–H groups in total. The van der Waals surface area contributed by atoms with Crippen molar-refractivity contribution < 1.29 is 4.79 Å². The van der Waals surface area contributed by atoms with E-state index >= 15 is 0 Å². The zero-order valence-corrected chi connectivity index (χ0v) is 12.9. The van der Waals surface area contributed by atoms with E-state index in [1.165, 1.54) is 5.56 Å². The SMILES string of the molecule is CN(CCc1ccncc1)C(=O)c1csc(I)c1. The van der Waals surface area contributed by atoms with Crippen LogP contribution in [0.2, 0.25) is 0 Å². The molecule has 5 heteroatoms. The Bertz CT molecular complexity index is 527. The Morgan fingerprint density at radius 3 is 2.78 bits per heavy atom. The van der Waals surface area contributed by atoms with Gasteiger partial charge < -0.3 is 4.90 Å². The maximum Gasteiger partial charge on any atom is 0.254 e. The molecule has 0 saturated heterocycles. The van der Waals surface area contributed by atoms with Crippen molar-refractivity contribution in [3.8, 4) is 0 Å². The van der Waals surface area contributed by atoms with Crippen LogP contribution < -0.4 is 0 Å². The molecule has 2 heterocycles. The van der Waals surface area contributed by atoms with Gasteiger partial charge in [-0.15, -0.1) is 11.3 Å². The lowest BCUT2D eigenvalue weighted by Crippen LogP contribution is -2.28. The van der Waals surface area contributed by atoms with Gasteiger partial charge in [0.1, 0.15) is 0 Å². The number of halogens is 1. The Morgan fingerprint density at radius 2 is 2.17 bits per heavy atom. The summed E-state index contributed by atoms with van der Waals surface area (Å²) >= 11 is 3.82. The predicted octanol–water partition coefficient (Wildman–Crippen LogP) is 3.06. The summed E-state index contributed by atoms with van der Waals surface area (Å²) < 4.78 is 1.14. The van der Waals surface area contributed by atoms with Crippen LogP contribution >= 0.6 is 33.9 Å². The Morgan fingerprint density at radius 1 is 1.44 bits per heavy atom. The lowest BCUT2D eigenvalue weighted by Gasteiger charge is -2.16. The molecular weight excluding hydrogens is 359 g/mol. The minimum absolute atomic E-state index is 0.0863. The molecule has 2 rings (SSSR count). The maximum absolute atomic E-state index is 12.1. The van der Waals surface area contributed by atoms with Crippen molar-refractivity contribution >= 4 is 39.8 Å². The van der Waals surface area contributed by atoms with Crippen LogP contribution in [0.15, 0.2) is 36.0 Å². The summed E-state index contributed by atoms with van der Waals surface area (Å²) in [5.74, 6) is 0.0863. The topological polar surface area (TPSA) is 33.2 Å².